The lowest BCUT2D eigenvalue weighted by atomic mass is 10.3. The number of carbonyl (C=O) groups excluding carboxylic acids is 2. The van der Waals surface area contributed by atoms with Crippen LogP contribution < -0.4 is 5.11 Å². The predicted octanol–water partition coefficient (Wildman–Crippen LogP) is -0.222. The Hall–Kier alpha value is -1.91. The fraction of sp³-hybridized carbons (Fsp3) is 0.100. The molecule has 1 aromatic carbocycles. The quantitative estimate of drug-likeness (QED) is 0.251. The van der Waals surface area contributed by atoms with E-state index in [4.69, 9.17) is 5.53 Å². The van der Waals surface area contributed by atoms with Crippen molar-refractivity contribution >= 4 is 29.2 Å². The molecule has 0 heterocycles. The normalized spacial score (nSPS) is 9.25. The van der Waals surface area contributed by atoms with Gasteiger partial charge in [0.05, 0.1) is 16.1 Å². The maximum absolute atomic E-state index is 11.3. The van der Waals surface area contributed by atoms with Crippen molar-refractivity contribution in [2.45, 2.75) is 4.90 Å². The number of carboxylic acids is 1. The lowest BCUT2D eigenvalue weighted by Gasteiger charge is -1.97. The minimum atomic E-state index is -1.71. The van der Waals surface area contributed by atoms with E-state index in [2.05, 4.69) is 4.79 Å². The van der Waals surface area contributed by atoms with E-state index in [1.165, 1.54) is 11.8 Å². The number of aliphatic carboxylic acids is 1. The Labute approximate surface area is 95.7 Å². The van der Waals surface area contributed by atoms with Gasteiger partial charge >= 0.3 is 5.71 Å². The van der Waals surface area contributed by atoms with Crippen LogP contribution in [0, 0.1) is 5.53 Å². The Kier molecular flexibility index (Phi) is 4.44. The number of Topliss-reactive ketones (excluding diaryl/α,β-unsaturated/α-hetero) is 1. The summed E-state index contributed by atoms with van der Waals surface area (Å²) in [6.07, 6.45) is 0. The molecule has 0 bridgehead atoms. The number of benzene rings is 1. The SMILES string of the molecule is N=[N+]=C(C(=O)[O-])C(=O)CSc1ccccc1. The molecular weight excluding hydrogens is 228 g/mol. The lowest BCUT2D eigenvalue weighted by molar-refractivity contribution is -0.298. The number of carboxylic acid groups (broad SMARTS) is 1. The Morgan fingerprint density at radius 2 is 1.94 bits per heavy atom. The molecule has 0 aliphatic heterocycles. The predicted molar refractivity (Wildman–Crippen MR) is 55.2 cm³/mol. The molecule has 0 radical (unpaired) electrons. The zero-order chi connectivity index (χ0) is 12.0. The van der Waals surface area contributed by atoms with Crippen LogP contribution >= 0.6 is 11.8 Å². The second-order valence-electron chi connectivity index (χ2n) is 2.77. The molecular formula is C10H8N2O3S. The molecule has 0 aliphatic carbocycles. The highest BCUT2D eigenvalue weighted by Gasteiger charge is 2.23. The van der Waals surface area contributed by atoms with Crippen molar-refractivity contribution in [2.75, 3.05) is 5.75 Å². The highest BCUT2D eigenvalue weighted by atomic mass is 32.2. The molecule has 0 saturated heterocycles. The lowest BCUT2D eigenvalue weighted by Crippen LogP contribution is -2.38. The molecule has 0 spiro atoms. The number of thioether (sulfide) groups is 1. The summed E-state index contributed by atoms with van der Waals surface area (Å²) in [4.78, 5) is 25.2. The summed E-state index contributed by atoms with van der Waals surface area (Å²) in [5.74, 6) is -2.51. The topological polar surface area (TPSA) is 95.2 Å². The van der Waals surface area contributed by atoms with Crippen molar-refractivity contribution in [1.29, 1.82) is 5.53 Å². The van der Waals surface area contributed by atoms with E-state index in [0.717, 1.165) is 4.90 Å². The molecule has 0 amide bonds. The van der Waals surface area contributed by atoms with Crippen molar-refractivity contribution in [2.24, 2.45) is 0 Å². The fourth-order valence-corrected chi connectivity index (χ4v) is 1.74. The maximum Gasteiger partial charge on any atom is 0.430 e. The van der Waals surface area contributed by atoms with Gasteiger partial charge in [-0.2, -0.15) is 0 Å². The first kappa shape index (κ1) is 12.2. The van der Waals surface area contributed by atoms with Crippen molar-refractivity contribution in [3.05, 3.63) is 30.3 Å². The van der Waals surface area contributed by atoms with Crippen LogP contribution in [0.2, 0.25) is 0 Å². The first-order valence-electron chi connectivity index (χ1n) is 4.32. The first-order chi connectivity index (χ1) is 7.65. The van der Waals surface area contributed by atoms with Gasteiger partial charge in [0, 0.05) is 4.90 Å². The molecule has 0 aromatic heterocycles. The monoisotopic (exact) mass is 236 g/mol. The third-order valence-electron chi connectivity index (χ3n) is 1.68. The van der Waals surface area contributed by atoms with E-state index >= 15 is 0 Å². The van der Waals surface area contributed by atoms with Crippen LogP contribution in [0.25, 0.3) is 0 Å². The summed E-state index contributed by atoms with van der Waals surface area (Å²) in [7, 11) is 0. The number of hydrogen-bond donors (Lipinski definition) is 1. The van der Waals surface area contributed by atoms with Gasteiger partial charge in [0.15, 0.2) is 5.97 Å². The van der Waals surface area contributed by atoms with Gasteiger partial charge in [-0.1, -0.05) is 18.2 Å². The van der Waals surface area contributed by atoms with Crippen LogP contribution in [0.5, 0.6) is 0 Å². The average molecular weight is 236 g/mol. The van der Waals surface area contributed by atoms with E-state index in [1.807, 2.05) is 18.2 Å². The number of ketones is 1. The van der Waals surface area contributed by atoms with Crippen LogP contribution in [0.3, 0.4) is 0 Å². The molecule has 0 aliphatic rings. The van der Waals surface area contributed by atoms with E-state index in [-0.39, 0.29) is 5.75 Å². The first-order valence-corrected chi connectivity index (χ1v) is 5.30. The second-order valence-corrected chi connectivity index (χ2v) is 3.82. The summed E-state index contributed by atoms with van der Waals surface area (Å²) in [6.45, 7) is 0. The number of carbonyl (C=O) groups is 2. The minimum absolute atomic E-state index is 0.0737. The number of nitrogens with zero attached hydrogens (tertiary/aromatic N) is 1. The molecule has 1 N–H and O–H groups in total. The number of hydrogen-bond acceptors (Lipinski definition) is 5. The summed E-state index contributed by atoms with van der Waals surface area (Å²) >= 11 is 1.18. The van der Waals surface area contributed by atoms with Gasteiger partial charge in [0.1, 0.15) is 0 Å². The van der Waals surface area contributed by atoms with E-state index in [1.54, 1.807) is 12.1 Å². The third-order valence-corrected chi connectivity index (χ3v) is 2.69. The van der Waals surface area contributed by atoms with E-state index < -0.39 is 17.5 Å². The smallest absolute Gasteiger partial charge is 0.430 e. The van der Waals surface area contributed by atoms with Crippen LogP contribution in [0.15, 0.2) is 35.2 Å². The van der Waals surface area contributed by atoms with Crippen molar-refractivity contribution < 1.29 is 19.5 Å². The highest BCUT2D eigenvalue weighted by molar-refractivity contribution is 8.00. The summed E-state index contributed by atoms with van der Waals surface area (Å²) in [6, 6.07) is 9.06. The zero-order valence-corrected chi connectivity index (χ0v) is 8.99. The molecule has 5 nitrogen and oxygen atoms in total. The molecule has 0 fully saturated rings. The largest absolute Gasteiger partial charge is 0.538 e. The Balaban J connectivity index is 2.60. The zero-order valence-electron chi connectivity index (χ0n) is 8.17. The Bertz CT molecular complexity index is 452. The van der Waals surface area contributed by atoms with Gasteiger partial charge in [-0.05, 0) is 12.1 Å². The Morgan fingerprint density at radius 1 is 1.31 bits per heavy atom. The molecule has 16 heavy (non-hydrogen) atoms. The number of rotatable bonds is 5. The van der Waals surface area contributed by atoms with Crippen LogP contribution in [-0.4, -0.2) is 28.0 Å². The highest BCUT2D eigenvalue weighted by Crippen LogP contribution is 2.16. The molecule has 0 saturated carbocycles. The summed E-state index contributed by atoms with van der Waals surface area (Å²) in [5.41, 5.74) is 5.70. The number of nitrogens with one attached hydrogen (secondary N) is 1. The summed E-state index contributed by atoms with van der Waals surface area (Å²) in [5, 5.41) is 10.4. The summed E-state index contributed by atoms with van der Waals surface area (Å²) < 4.78 is 0. The van der Waals surface area contributed by atoms with Crippen molar-refractivity contribution in [1.82, 2.24) is 0 Å². The van der Waals surface area contributed by atoms with Crippen molar-refractivity contribution in [3.8, 4) is 0 Å². The van der Waals surface area contributed by atoms with Gasteiger partial charge in [-0.25, -0.2) is 0 Å². The van der Waals surface area contributed by atoms with Crippen LogP contribution in [0.4, 0.5) is 0 Å². The molecule has 1 aromatic rings. The van der Waals surface area contributed by atoms with E-state index in [0.29, 0.717) is 0 Å². The average Bonchev–Trinajstić information content (AvgIpc) is 2.28. The maximum atomic E-state index is 11.3. The van der Waals surface area contributed by atoms with Crippen LogP contribution in [0.1, 0.15) is 0 Å². The minimum Gasteiger partial charge on any atom is -0.538 e. The van der Waals surface area contributed by atoms with Crippen LogP contribution in [-0.2, 0) is 9.59 Å². The fourth-order valence-electron chi connectivity index (χ4n) is 0.956. The van der Waals surface area contributed by atoms with Gasteiger partial charge < -0.3 is 9.90 Å². The van der Waals surface area contributed by atoms with Crippen molar-refractivity contribution in [3.63, 3.8) is 0 Å². The van der Waals surface area contributed by atoms with Gasteiger partial charge in [0.25, 0.3) is 5.78 Å². The van der Waals surface area contributed by atoms with Gasteiger partial charge in [0.2, 0.25) is 0 Å². The molecule has 1 rings (SSSR count). The van der Waals surface area contributed by atoms with Gasteiger partial charge in [-0.15, -0.1) is 11.8 Å². The standard InChI is InChI=1S/C10H8N2O3S/c11-12-9(10(14)15)8(13)6-16-7-4-2-1-3-5-7/h1-5,11H,6H2. The van der Waals surface area contributed by atoms with E-state index in [9.17, 15) is 14.7 Å². The molecule has 0 unspecified atom stereocenters. The molecule has 0 atom stereocenters. The van der Waals surface area contributed by atoms with Gasteiger partial charge in [-0.3, -0.25) is 4.79 Å². The molecule has 82 valence electrons. The third kappa shape index (κ3) is 3.34. The Morgan fingerprint density at radius 3 is 2.44 bits per heavy atom. The molecule has 6 heteroatoms. The second kappa shape index (κ2) is 5.85.